The van der Waals surface area contributed by atoms with Gasteiger partial charge in [-0.1, -0.05) is 12.1 Å². The van der Waals surface area contributed by atoms with Crippen molar-refractivity contribution in [2.24, 2.45) is 0 Å². The van der Waals surface area contributed by atoms with Gasteiger partial charge in [-0.15, -0.1) is 0 Å². The van der Waals surface area contributed by atoms with Crippen molar-refractivity contribution in [3.05, 3.63) is 82.9 Å². The summed E-state index contributed by atoms with van der Waals surface area (Å²) >= 11 is 0. The Hall–Kier alpha value is -5.24. The van der Waals surface area contributed by atoms with E-state index in [1.165, 1.54) is 36.4 Å². The second kappa shape index (κ2) is 10.2. The molecule has 13 heteroatoms. The highest BCUT2D eigenvalue weighted by Crippen LogP contribution is 2.55. The van der Waals surface area contributed by atoms with Gasteiger partial charge in [-0.25, -0.2) is 0 Å². The van der Waals surface area contributed by atoms with Crippen LogP contribution in [0.25, 0.3) is 0 Å². The van der Waals surface area contributed by atoms with Crippen LogP contribution in [-0.4, -0.2) is 63.3 Å². The molecular formula is C30H26O13. The molecular weight excluding hydrogens is 568 g/mol. The molecule has 6 atom stereocenters. The Morgan fingerprint density at radius 3 is 1.21 bits per heavy atom. The fraction of sp³-hybridized carbons (Fsp3) is 0.200. The summed E-state index contributed by atoms with van der Waals surface area (Å²) in [6, 6.07) is 12.3. The Kier molecular flexibility index (Phi) is 6.64. The van der Waals surface area contributed by atoms with Crippen molar-refractivity contribution >= 4 is 0 Å². The maximum absolute atomic E-state index is 11.6. The summed E-state index contributed by atoms with van der Waals surface area (Å²) in [5.41, 5.74) is 0.476. The van der Waals surface area contributed by atoms with Crippen molar-refractivity contribution in [3.63, 3.8) is 0 Å². The van der Waals surface area contributed by atoms with Crippen LogP contribution < -0.4 is 9.47 Å². The third-order valence-electron chi connectivity index (χ3n) is 7.57. The summed E-state index contributed by atoms with van der Waals surface area (Å²) in [5.74, 6) is -4.82. The van der Waals surface area contributed by atoms with E-state index in [2.05, 4.69) is 0 Å². The van der Waals surface area contributed by atoms with Crippen molar-refractivity contribution in [1.29, 1.82) is 0 Å². The molecule has 2 aliphatic heterocycles. The number of fused-ring (bicyclic) bond motifs is 2. The predicted molar refractivity (Wildman–Crippen MR) is 144 cm³/mol. The van der Waals surface area contributed by atoms with Crippen LogP contribution in [-0.2, 0) is 4.74 Å². The van der Waals surface area contributed by atoms with E-state index in [9.17, 15) is 51.1 Å². The van der Waals surface area contributed by atoms with E-state index in [-0.39, 0.29) is 33.8 Å². The highest BCUT2D eigenvalue weighted by Gasteiger charge is 2.47. The third-order valence-corrected chi connectivity index (χ3v) is 7.57. The van der Waals surface area contributed by atoms with Crippen molar-refractivity contribution in [2.45, 2.75) is 36.6 Å². The van der Waals surface area contributed by atoms with E-state index >= 15 is 0 Å². The minimum atomic E-state index is -1.58. The van der Waals surface area contributed by atoms with Gasteiger partial charge in [0.25, 0.3) is 0 Å². The molecule has 2 aliphatic rings. The van der Waals surface area contributed by atoms with Crippen molar-refractivity contribution in [1.82, 2.24) is 0 Å². The molecule has 43 heavy (non-hydrogen) atoms. The average molecular weight is 595 g/mol. The molecule has 0 aromatic heterocycles. The molecule has 0 spiro atoms. The zero-order valence-electron chi connectivity index (χ0n) is 21.9. The number of ether oxygens (including phenoxy) is 3. The standard InChI is InChI=1S/C30H26O13/c31-15-5-1-11(9-19(15)35)25-23(39)29(13-3-7-17(33)21(37)27(13)41-25)43-30-14-4-8-18(34)22(38)28(14)42-26(24(30)40)12-2-6-16(32)20(36)10-12/h1-10,23-26,29-40H/t23-,24-,25+,26+,29-,30-/m0/s1. The molecule has 2 heterocycles. The molecule has 4 aromatic carbocycles. The van der Waals surface area contributed by atoms with Crippen LogP contribution in [0.3, 0.4) is 0 Å². The number of hydrogen-bond acceptors (Lipinski definition) is 13. The summed E-state index contributed by atoms with van der Waals surface area (Å²) < 4.78 is 18.1. The maximum Gasteiger partial charge on any atom is 0.200 e. The number of hydrogen-bond donors (Lipinski definition) is 10. The zero-order chi connectivity index (χ0) is 30.7. The van der Waals surface area contributed by atoms with E-state index in [1.54, 1.807) is 0 Å². The largest absolute Gasteiger partial charge is 0.504 e. The van der Waals surface area contributed by atoms with Gasteiger partial charge in [-0.2, -0.15) is 0 Å². The number of phenolic OH excluding ortho intramolecular Hbond substituents is 8. The molecule has 224 valence electrons. The van der Waals surface area contributed by atoms with E-state index in [4.69, 9.17) is 14.2 Å². The molecule has 0 bridgehead atoms. The number of aliphatic hydroxyl groups excluding tert-OH is 2. The summed E-state index contributed by atoms with van der Waals surface area (Å²) in [6.07, 6.45) is -8.61. The molecule has 4 aromatic rings. The normalized spacial score (nSPS) is 24.3. The van der Waals surface area contributed by atoms with Crippen LogP contribution in [0.5, 0.6) is 57.5 Å². The fourth-order valence-electron chi connectivity index (χ4n) is 5.36. The predicted octanol–water partition coefficient (Wildman–Crippen LogP) is 3.12. The molecule has 0 fully saturated rings. The van der Waals surface area contributed by atoms with Crippen molar-refractivity contribution < 1.29 is 65.3 Å². The lowest BCUT2D eigenvalue weighted by atomic mass is 9.88. The van der Waals surface area contributed by atoms with Gasteiger partial charge in [-0.3, -0.25) is 0 Å². The van der Waals surface area contributed by atoms with Gasteiger partial charge in [0, 0.05) is 11.1 Å². The van der Waals surface area contributed by atoms with Gasteiger partial charge in [0.15, 0.2) is 58.2 Å². The minimum Gasteiger partial charge on any atom is -0.504 e. The second-order valence-corrected chi connectivity index (χ2v) is 10.2. The Morgan fingerprint density at radius 1 is 0.465 bits per heavy atom. The van der Waals surface area contributed by atoms with Gasteiger partial charge < -0.3 is 65.3 Å². The van der Waals surface area contributed by atoms with Gasteiger partial charge >= 0.3 is 0 Å². The minimum absolute atomic E-state index is 0.0733. The lowest BCUT2D eigenvalue weighted by Crippen LogP contribution is -2.41. The molecule has 0 radical (unpaired) electrons. The molecule has 0 aliphatic carbocycles. The van der Waals surface area contributed by atoms with Crippen LogP contribution in [0, 0.1) is 0 Å². The first-order valence-corrected chi connectivity index (χ1v) is 12.9. The van der Waals surface area contributed by atoms with Crippen LogP contribution in [0.15, 0.2) is 60.7 Å². The number of aromatic hydroxyl groups is 8. The second-order valence-electron chi connectivity index (χ2n) is 10.2. The van der Waals surface area contributed by atoms with Crippen molar-refractivity contribution in [3.8, 4) is 57.5 Å². The summed E-state index contributed by atoms with van der Waals surface area (Å²) in [6.45, 7) is 0. The van der Waals surface area contributed by atoms with Crippen LogP contribution in [0.2, 0.25) is 0 Å². The lowest BCUT2D eigenvalue weighted by Gasteiger charge is -2.42. The van der Waals surface area contributed by atoms with Crippen LogP contribution in [0.1, 0.15) is 46.7 Å². The smallest absolute Gasteiger partial charge is 0.200 e. The first kappa shape index (κ1) is 27.9. The van der Waals surface area contributed by atoms with Gasteiger partial charge in [0.1, 0.15) is 24.4 Å². The molecule has 0 unspecified atom stereocenters. The van der Waals surface area contributed by atoms with E-state index < -0.39 is 82.6 Å². The number of phenols is 8. The molecule has 13 nitrogen and oxygen atoms in total. The Morgan fingerprint density at radius 2 is 0.837 bits per heavy atom. The molecule has 10 N–H and O–H groups in total. The quantitative estimate of drug-likeness (QED) is 0.153. The monoisotopic (exact) mass is 594 g/mol. The Labute approximate surface area is 242 Å². The lowest BCUT2D eigenvalue weighted by molar-refractivity contribution is -0.175. The maximum atomic E-state index is 11.6. The Bertz CT molecular complexity index is 1600. The average Bonchev–Trinajstić information content (AvgIpc) is 2.98. The van der Waals surface area contributed by atoms with Gasteiger partial charge in [-0.05, 0) is 59.7 Å². The topological polar surface area (TPSA) is 230 Å². The first-order valence-electron chi connectivity index (χ1n) is 12.9. The molecule has 0 saturated heterocycles. The summed E-state index contributed by atoms with van der Waals surface area (Å²) in [5, 5.41) is 104. The van der Waals surface area contributed by atoms with E-state index in [1.807, 2.05) is 0 Å². The van der Waals surface area contributed by atoms with E-state index in [0.29, 0.717) is 0 Å². The highest BCUT2D eigenvalue weighted by molar-refractivity contribution is 5.58. The summed E-state index contributed by atoms with van der Waals surface area (Å²) in [4.78, 5) is 0. The zero-order valence-corrected chi connectivity index (χ0v) is 21.9. The SMILES string of the molecule is Oc1ccc([C@H]2Oc3c(ccc(O)c3O)[C@H](O[C@H]3c4ccc(O)c(O)c4O[C@H](c4ccc(O)c(O)c4)[C@@H]3O)[C@H]2O)cc1O. The first-order chi connectivity index (χ1) is 20.5. The van der Waals surface area contributed by atoms with Crippen LogP contribution >= 0.6 is 0 Å². The number of rotatable bonds is 4. The van der Waals surface area contributed by atoms with Crippen LogP contribution in [0.4, 0.5) is 0 Å². The summed E-state index contributed by atoms with van der Waals surface area (Å²) in [7, 11) is 0. The van der Waals surface area contributed by atoms with Crippen molar-refractivity contribution in [2.75, 3.05) is 0 Å². The van der Waals surface area contributed by atoms with Gasteiger partial charge in [0.2, 0.25) is 11.5 Å². The molecule has 6 rings (SSSR count). The Balaban J connectivity index is 1.47. The van der Waals surface area contributed by atoms with E-state index in [0.717, 1.165) is 24.3 Å². The van der Waals surface area contributed by atoms with Gasteiger partial charge in [0.05, 0.1) is 0 Å². The highest BCUT2D eigenvalue weighted by atomic mass is 16.6. The molecule has 0 amide bonds. The fourth-order valence-corrected chi connectivity index (χ4v) is 5.36. The third kappa shape index (κ3) is 4.55. The number of aliphatic hydroxyl groups is 2. The molecule has 0 saturated carbocycles. The number of benzene rings is 4.